The van der Waals surface area contributed by atoms with Gasteiger partial charge in [-0.05, 0) is 5.92 Å². The second-order valence-corrected chi connectivity index (χ2v) is 3.47. The molecule has 0 unspecified atom stereocenters. The van der Waals surface area contributed by atoms with Gasteiger partial charge >= 0.3 is 0 Å². The number of H-pyrrole nitrogens is 1. The lowest BCUT2D eigenvalue weighted by Crippen LogP contribution is -2.41. The largest absolute Gasteiger partial charge is 0.394 e. The minimum absolute atomic E-state index is 0.0580. The number of amides is 1. The Morgan fingerprint density at radius 2 is 2.43 bits per heavy atom. The van der Waals surface area contributed by atoms with Gasteiger partial charge in [0.05, 0.1) is 25.2 Å². The Hall–Kier alpha value is -1.36. The van der Waals surface area contributed by atoms with Crippen LogP contribution in [0.5, 0.6) is 0 Å². The minimum atomic E-state index is -0.241. The van der Waals surface area contributed by atoms with Crippen LogP contribution in [0.3, 0.4) is 0 Å². The van der Waals surface area contributed by atoms with Gasteiger partial charge in [0.15, 0.2) is 0 Å². The van der Waals surface area contributed by atoms with E-state index in [2.05, 4.69) is 15.3 Å². The number of nitrogens with one attached hydrogen (secondary N) is 2. The number of aromatic nitrogens is 2. The maximum absolute atomic E-state index is 11.5. The van der Waals surface area contributed by atoms with Gasteiger partial charge in [-0.3, -0.25) is 4.79 Å². The van der Waals surface area contributed by atoms with Crippen LogP contribution in [0.1, 0.15) is 24.3 Å². The van der Waals surface area contributed by atoms with E-state index in [0.717, 1.165) is 0 Å². The lowest BCUT2D eigenvalue weighted by atomic mass is 10.1. The van der Waals surface area contributed by atoms with E-state index in [1.807, 2.05) is 13.8 Å². The number of aliphatic hydroxyl groups is 1. The summed E-state index contributed by atoms with van der Waals surface area (Å²) < 4.78 is 0. The van der Waals surface area contributed by atoms with Gasteiger partial charge in [-0.1, -0.05) is 13.8 Å². The van der Waals surface area contributed by atoms with Crippen molar-refractivity contribution in [3.05, 3.63) is 18.2 Å². The van der Waals surface area contributed by atoms with Gasteiger partial charge in [0.25, 0.3) is 5.91 Å². The zero-order chi connectivity index (χ0) is 10.6. The molecule has 0 spiro atoms. The zero-order valence-electron chi connectivity index (χ0n) is 8.32. The Balaban J connectivity index is 2.56. The van der Waals surface area contributed by atoms with E-state index in [9.17, 15) is 4.79 Å². The van der Waals surface area contributed by atoms with E-state index in [1.54, 1.807) is 0 Å². The molecule has 0 saturated heterocycles. The van der Waals surface area contributed by atoms with Crippen molar-refractivity contribution in [1.29, 1.82) is 0 Å². The molecule has 0 saturated carbocycles. The average Bonchev–Trinajstić information content (AvgIpc) is 2.65. The molecule has 0 aliphatic heterocycles. The van der Waals surface area contributed by atoms with E-state index in [4.69, 9.17) is 5.11 Å². The summed E-state index contributed by atoms with van der Waals surface area (Å²) in [6, 6.07) is -0.217. The summed E-state index contributed by atoms with van der Waals surface area (Å²) in [5.74, 6) is -0.0397. The Labute approximate surface area is 82.6 Å². The van der Waals surface area contributed by atoms with Crippen molar-refractivity contribution in [3.63, 3.8) is 0 Å². The molecule has 0 bridgehead atoms. The first-order chi connectivity index (χ1) is 6.65. The number of imidazole rings is 1. The molecular weight excluding hydrogens is 182 g/mol. The lowest BCUT2D eigenvalue weighted by Gasteiger charge is -2.19. The summed E-state index contributed by atoms with van der Waals surface area (Å²) in [7, 11) is 0. The highest BCUT2D eigenvalue weighted by Gasteiger charge is 2.16. The number of aromatic amines is 1. The van der Waals surface area contributed by atoms with Crippen LogP contribution < -0.4 is 5.32 Å². The molecule has 0 aliphatic carbocycles. The molecule has 1 rings (SSSR count). The highest BCUT2D eigenvalue weighted by molar-refractivity contribution is 5.92. The molecule has 0 aliphatic rings. The molecule has 78 valence electrons. The molecule has 3 N–H and O–H groups in total. The van der Waals surface area contributed by atoms with Crippen molar-refractivity contribution >= 4 is 5.91 Å². The molecule has 0 fully saturated rings. The van der Waals surface area contributed by atoms with Crippen molar-refractivity contribution in [2.75, 3.05) is 6.61 Å². The Morgan fingerprint density at radius 1 is 1.71 bits per heavy atom. The number of rotatable bonds is 4. The van der Waals surface area contributed by atoms with Crippen molar-refractivity contribution in [2.24, 2.45) is 5.92 Å². The van der Waals surface area contributed by atoms with Crippen LogP contribution >= 0.6 is 0 Å². The Morgan fingerprint density at radius 3 is 2.86 bits per heavy atom. The number of hydrogen-bond donors (Lipinski definition) is 3. The van der Waals surface area contributed by atoms with Crippen LogP contribution in [0.4, 0.5) is 0 Å². The number of nitrogens with zero attached hydrogens (tertiary/aromatic N) is 1. The predicted molar refractivity (Wildman–Crippen MR) is 51.8 cm³/mol. The van der Waals surface area contributed by atoms with Gasteiger partial charge in [0, 0.05) is 0 Å². The van der Waals surface area contributed by atoms with Crippen LogP contribution in [0.15, 0.2) is 12.5 Å². The monoisotopic (exact) mass is 197 g/mol. The van der Waals surface area contributed by atoms with Crippen molar-refractivity contribution < 1.29 is 9.90 Å². The predicted octanol–water partition coefficient (Wildman–Crippen LogP) is 0.156. The van der Waals surface area contributed by atoms with Crippen molar-refractivity contribution in [2.45, 2.75) is 19.9 Å². The standard InChI is InChI=1S/C9H15N3O2/c1-6(2)8(4-13)12-9(14)7-3-10-5-11-7/h3,5-6,8,13H,4H2,1-2H3,(H,10,11)(H,12,14)/t8-/m1/s1. The normalized spacial score (nSPS) is 12.9. The molecular formula is C9H15N3O2. The van der Waals surface area contributed by atoms with E-state index in [0.29, 0.717) is 5.69 Å². The van der Waals surface area contributed by atoms with Gasteiger partial charge in [-0.2, -0.15) is 0 Å². The summed E-state index contributed by atoms with van der Waals surface area (Å²) in [5, 5.41) is 11.7. The molecule has 1 aromatic rings. The third-order valence-corrected chi connectivity index (χ3v) is 2.06. The fourth-order valence-corrected chi connectivity index (χ4v) is 1.05. The van der Waals surface area contributed by atoms with Gasteiger partial charge in [-0.15, -0.1) is 0 Å². The number of hydrogen-bond acceptors (Lipinski definition) is 3. The second-order valence-electron chi connectivity index (χ2n) is 3.47. The topological polar surface area (TPSA) is 78.0 Å². The maximum Gasteiger partial charge on any atom is 0.269 e. The van der Waals surface area contributed by atoms with Crippen LogP contribution in [-0.4, -0.2) is 33.6 Å². The van der Waals surface area contributed by atoms with E-state index in [1.165, 1.54) is 12.5 Å². The molecule has 1 amide bonds. The summed E-state index contributed by atoms with van der Waals surface area (Å²) in [5.41, 5.74) is 0.407. The summed E-state index contributed by atoms with van der Waals surface area (Å²) in [6.45, 7) is 3.82. The van der Waals surface area contributed by atoms with Gasteiger partial charge in [0.1, 0.15) is 5.69 Å². The van der Waals surface area contributed by atoms with Crippen molar-refractivity contribution in [1.82, 2.24) is 15.3 Å². The molecule has 5 heteroatoms. The SMILES string of the molecule is CC(C)[C@@H](CO)NC(=O)c1cnc[nH]1. The zero-order valence-corrected chi connectivity index (χ0v) is 8.32. The van der Waals surface area contributed by atoms with Crippen LogP contribution in [0, 0.1) is 5.92 Å². The summed E-state index contributed by atoms with van der Waals surface area (Å²) in [6.07, 6.45) is 2.89. The summed E-state index contributed by atoms with van der Waals surface area (Å²) >= 11 is 0. The first kappa shape index (κ1) is 10.7. The number of carbonyl (C=O) groups is 1. The highest BCUT2D eigenvalue weighted by Crippen LogP contribution is 2.01. The Kier molecular flexibility index (Phi) is 3.64. The second kappa shape index (κ2) is 4.76. The third kappa shape index (κ3) is 2.56. The molecule has 14 heavy (non-hydrogen) atoms. The van der Waals surface area contributed by atoms with Gasteiger partial charge < -0.3 is 15.4 Å². The Bertz CT molecular complexity index is 282. The number of carbonyl (C=O) groups excluding carboxylic acids is 1. The molecule has 5 nitrogen and oxygen atoms in total. The molecule has 1 atom stereocenters. The highest BCUT2D eigenvalue weighted by atomic mass is 16.3. The van der Waals surface area contributed by atoms with Gasteiger partial charge in [-0.25, -0.2) is 4.98 Å². The minimum Gasteiger partial charge on any atom is -0.394 e. The third-order valence-electron chi connectivity index (χ3n) is 2.06. The first-order valence-electron chi connectivity index (χ1n) is 4.55. The summed E-state index contributed by atoms with van der Waals surface area (Å²) in [4.78, 5) is 17.9. The van der Waals surface area contributed by atoms with Crippen LogP contribution in [0.2, 0.25) is 0 Å². The fraction of sp³-hybridized carbons (Fsp3) is 0.556. The fourth-order valence-electron chi connectivity index (χ4n) is 1.05. The van der Waals surface area contributed by atoms with E-state index < -0.39 is 0 Å². The molecule has 1 heterocycles. The van der Waals surface area contributed by atoms with E-state index in [-0.39, 0.29) is 24.5 Å². The number of aliphatic hydroxyl groups excluding tert-OH is 1. The van der Waals surface area contributed by atoms with Crippen molar-refractivity contribution in [3.8, 4) is 0 Å². The van der Waals surface area contributed by atoms with E-state index >= 15 is 0 Å². The quantitative estimate of drug-likeness (QED) is 0.643. The molecule has 1 aromatic heterocycles. The van der Waals surface area contributed by atoms with Crippen LogP contribution in [-0.2, 0) is 0 Å². The molecule has 0 aromatic carbocycles. The van der Waals surface area contributed by atoms with Crippen LogP contribution in [0.25, 0.3) is 0 Å². The first-order valence-corrected chi connectivity index (χ1v) is 4.55. The van der Waals surface area contributed by atoms with Gasteiger partial charge in [0.2, 0.25) is 0 Å². The maximum atomic E-state index is 11.5. The molecule has 0 radical (unpaired) electrons. The average molecular weight is 197 g/mol. The lowest BCUT2D eigenvalue weighted by molar-refractivity contribution is 0.0892. The smallest absolute Gasteiger partial charge is 0.269 e.